The molecule has 0 amide bonds. The predicted molar refractivity (Wildman–Crippen MR) is 124 cm³/mol. The lowest BCUT2D eigenvalue weighted by atomic mass is 10.0. The van der Waals surface area contributed by atoms with Gasteiger partial charge >= 0.3 is 12.1 Å². The zero-order valence-electron chi connectivity index (χ0n) is 19.1. The largest absolute Gasteiger partial charge is 0.458 e. The highest BCUT2D eigenvalue weighted by Gasteiger charge is 2.38. The summed E-state index contributed by atoms with van der Waals surface area (Å²) in [6.45, 7) is 4.97. The monoisotopic (exact) mass is 584 g/mol. The van der Waals surface area contributed by atoms with Crippen molar-refractivity contribution in [3.63, 3.8) is 0 Å². The summed E-state index contributed by atoms with van der Waals surface area (Å²) in [6.07, 6.45) is -5.17. The summed E-state index contributed by atoms with van der Waals surface area (Å²) in [7, 11) is 0. The minimum atomic E-state index is -4.85. The van der Waals surface area contributed by atoms with E-state index in [0.717, 1.165) is 6.20 Å². The number of likely N-dealkylation sites (tertiary alicyclic amines) is 1. The van der Waals surface area contributed by atoms with Crippen LogP contribution in [-0.2, 0) is 22.1 Å². The minimum Gasteiger partial charge on any atom is -0.458 e. The number of benzene rings is 1. The summed E-state index contributed by atoms with van der Waals surface area (Å²) in [6, 6.07) is 1.06. The molecule has 1 aromatic heterocycles. The average molecular weight is 586 g/mol. The first kappa shape index (κ1) is 27.6. The molecule has 5 nitrogen and oxygen atoms in total. The maximum Gasteiger partial charge on any atom is 0.416 e. The first-order valence-corrected chi connectivity index (χ1v) is 11.8. The van der Waals surface area contributed by atoms with Gasteiger partial charge in [0.25, 0.3) is 5.56 Å². The van der Waals surface area contributed by atoms with Gasteiger partial charge in [-0.1, -0.05) is 27.5 Å². The fourth-order valence-corrected chi connectivity index (χ4v) is 4.58. The number of pyridine rings is 1. The summed E-state index contributed by atoms with van der Waals surface area (Å²) < 4.78 is 75.7. The van der Waals surface area contributed by atoms with Crippen LogP contribution in [0.5, 0.6) is 0 Å². The topological polar surface area (TPSA) is 51.5 Å². The Morgan fingerprint density at radius 2 is 1.86 bits per heavy atom. The molecule has 2 heterocycles. The van der Waals surface area contributed by atoms with E-state index >= 15 is 4.39 Å². The number of halogens is 7. The van der Waals surface area contributed by atoms with Gasteiger partial charge in [-0.3, -0.25) is 14.3 Å². The van der Waals surface area contributed by atoms with Gasteiger partial charge in [-0.15, -0.1) is 0 Å². The summed E-state index contributed by atoms with van der Waals surface area (Å²) in [4.78, 5) is 27.7. The Bertz CT molecular complexity index is 1170. The number of aromatic nitrogens is 1. The minimum absolute atomic E-state index is 0.100. The van der Waals surface area contributed by atoms with Gasteiger partial charge in [0.2, 0.25) is 0 Å². The van der Waals surface area contributed by atoms with Crippen molar-refractivity contribution in [2.75, 3.05) is 19.6 Å². The van der Waals surface area contributed by atoms with E-state index in [4.69, 9.17) is 16.3 Å². The Kier molecular flexibility index (Phi) is 8.03. The molecule has 192 valence electrons. The van der Waals surface area contributed by atoms with Gasteiger partial charge in [0.1, 0.15) is 17.6 Å². The van der Waals surface area contributed by atoms with Crippen molar-refractivity contribution >= 4 is 33.5 Å². The molecule has 1 atom stereocenters. The normalized spacial score (nSPS) is 16.2. The molecule has 1 aliphatic rings. The van der Waals surface area contributed by atoms with E-state index in [9.17, 15) is 27.2 Å². The fourth-order valence-electron chi connectivity index (χ4n) is 3.75. The van der Waals surface area contributed by atoms with Crippen molar-refractivity contribution in [3.8, 4) is 0 Å². The highest BCUT2D eigenvalue weighted by Crippen LogP contribution is 2.35. The van der Waals surface area contributed by atoms with Crippen molar-refractivity contribution in [2.45, 2.75) is 51.2 Å². The van der Waals surface area contributed by atoms with Gasteiger partial charge in [-0.25, -0.2) is 13.6 Å². The lowest BCUT2D eigenvalue weighted by Crippen LogP contribution is -2.49. The molecule has 0 N–H and O–H groups in total. The van der Waals surface area contributed by atoms with Crippen LogP contribution in [0.1, 0.15) is 43.5 Å². The van der Waals surface area contributed by atoms with Crippen LogP contribution >= 0.6 is 27.5 Å². The smallest absolute Gasteiger partial charge is 0.416 e. The molecule has 0 radical (unpaired) electrons. The number of esters is 1. The van der Waals surface area contributed by atoms with Gasteiger partial charge in [-0.05, 0) is 44.9 Å². The maximum absolute atomic E-state index is 15.1. The van der Waals surface area contributed by atoms with Crippen LogP contribution in [-0.4, -0.2) is 46.8 Å². The van der Waals surface area contributed by atoms with Crippen molar-refractivity contribution in [3.05, 3.63) is 66.8 Å². The van der Waals surface area contributed by atoms with Crippen molar-refractivity contribution in [1.29, 1.82) is 0 Å². The van der Waals surface area contributed by atoms with Gasteiger partial charge < -0.3 is 4.74 Å². The molecule has 0 spiro atoms. The number of hydrogen-bond donors (Lipinski definition) is 0. The Balaban J connectivity index is 2.17. The number of carbonyl (C=O) groups is 1. The zero-order chi connectivity index (χ0) is 26.3. The van der Waals surface area contributed by atoms with Gasteiger partial charge in [0.05, 0.1) is 10.6 Å². The van der Waals surface area contributed by atoms with E-state index in [1.165, 1.54) is 12.1 Å². The molecule has 0 bridgehead atoms. The lowest BCUT2D eigenvalue weighted by molar-refractivity contribution is -0.157. The number of hydrogen-bond acceptors (Lipinski definition) is 4. The van der Waals surface area contributed by atoms with E-state index in [-0.39, 0.29) is 46.7 Å². The third-order valence-electron chi connectivity index (χ3n) is 5.30. The third kappa shape index (κ3) is 6.62. The van der Waals surface area contributed by atoms with Gasteiger partial charge in [0.15, 0.2) is 6.04 Å². The van der Waals surface area contributed by atoms with Crippen LogP contribution in [0.4, 0.5) is 22.0 Å². The van der Waals surface area contributed by atoms with Gasteiger partial charge in [0, 0.05) is 41.9 Å². The summed E-state index contributed by atoms with van der Waals surface area (Å²) in [5.41, 5.74) is -4.05. The second-order valence-corrected chi connectivity index (χ2v) is 10.6. The molecule has 2 aromatic rings. The molecular weight excluding hydrogens is 563 g/mol. The van der Waals surface area contributed by atoms with Crippen LogP contribution in [0.3, 0.4) is 0 Å². The fraction of sp³-hybridized carbons (Fsp3) is 0.478. The van der Waals surface area contributed by atoms with Crippen LogP contribution in [0, 0.1) is 5.82 Å². The Hall–Kier alpha value is -1.98. The van der Waals surface area contributed by atoms with Crippen molar-refractivity contribution < 1.29 is 31.5 Å². The van der Waals surface area contributed by atoms with Crippen molar-refractivity contribution in [2.24, 2.45) is 0 Å². The second-order valence-electron chi connectivity index (χ2n) is 9.29. The first-order valence-electron chi connectivity index (χ1n) is 10.6. The number of nitrogens with zero attached hydrogens (tertiary/aromatic N) is 2. The highest BCUT2D eigenvalue weighted by atomic mass is 79.9. The first-order chi connectivity index (χ1) is 16.1. The quantitative estimate of drug-likeness (QED) is 0.254. The molecule has 35 heavy (non-hydrogen) atoms. The van der Waals surface area contributed by atoms with Crippen LogP contribution < -0.4 is 5.56 Å². The molecule has 3 rings (SSSR count). The zero-order valence-corrected chi connectivity index (χ0v) is 21.4. The third-order valence-corrected chi connectivity index (χ3v) is 6.04. The standard InChI is InChI=1S/C23H23BrClF5N2O3/c1-22(2,3)35-21(34)20(15-6-13(24)7-17(25)19(15)27)32-9-12(4-5-31-10-14(26)11-31)16(8-18(32)33)23(28,29)30/h6-9,14,20H,4-5,10-11H2,1-3H3. The van der Waals surface area contributed by atoms with Crippen LogP contribution in [0.15, 0.2) is 33.7 Å². The average Bonchev–Trinajstić information content (AvgIpc) is 2.67. The molecule has 0 aliphatic carbocycles. The molecule has 12 heteroatoms. The summed E-state index contributed by atoms with van der Waals surface area (Å²) >= 11 is 9.09. The molecule has 1 saturated heterocycles. The second kappa shape index (κ2) is 10.2. The van der Waals surface area contributed by atoms with E-state index in [0.29, 0.717) is 10.6 Å². The van der Waals surface area contributed by atoms with E-state index < -0.39 is 46.9 Å². The Labute approximate surface area is 211 Å². The van der Waals surface area contributed by atoms with E-state index in [2.05, 4.69) is 15.9 Å². The SMILES string of the molecule is CC(C)(C)OC(=O)C(c1cc(Br)cc(Cl)c1F)n1cc(CCN2CC(F)C2)c(C(F)(F)F)cc1=O. The van der Waals surface area contributed by atoms with E-state index in [1.54, 1.807) is 25.7 Å². The van der Waals surface area contributed by atoms with E-state index in [1.807, 2.05) is 0 Å². The van der Waals surface area contributed by atoms with Crippen molar-refractivity contribution in [1.82, 2.24) is 9.47 Å². The number of alkyl halides is 4. The number of rotatable bonds is 6. The van der Waals surface area contributed by atoms with Crippen LogP contribution in [0.25, 0.3) is 0 Å². The predicted octanol–water partition coefficient (Wildman–Crippen LogP) is 5.55. The summed E-state index contributed by atoms with van der Waals surface area (Å²) in [5.74, 6) is -2.07. The number of ether oxygens (including phenoxy) is 1. The highest BCUT2D eigenvalue weighted by molar-refractivity contribution is 9.10. The molecule has 1 aromatic carbocycles. The molecule has 0 saturated carbocycles. The van der Waals surface area contributed by atoms with Crippen LogP contribution in [0.2, 0.25) is 5.02 Å². The summed E-state index contributed by atoms with van der Waals surface area (Å²) in [5, 5.41) is -0.360. The molecule has 1 unspecified atom stereocenters. The molecule has 1 aliphatic heterocycles. The molecular formula is C23H23BrClF5N2O3. The Morgan fingerprint density at radius 1 is 1.23 bits per heavy atom. The number of carbonyl (C=O) groups excluding carboxylic acids is 1. The maximum atomic E-state index is 15.1. The Morgan fingerprint density at radius 3 is 2.40 bits per heavy atom. The molecule has 1 fully saturated rings. The van der Waals surface area contributed by atoms with Gasteiger partial charge in [-0.2, -0.15) is 13.2 Å². The lowest BCUT2D eigenvalue weighted by Gasteiger charge is -2.34.